The minimum Gasteiger partial charge on any atom is -0.444 e. The van der Waals surface area contributed by atoms with Gasteiger partial charge in [-0.1, -0.05) is 44.2 Å². The van der Waals surface area contributed by atoms with E-state index in [4.69, 9.17) is 4.74 Å². The maximum Gasteiger partial charge on any atom is 0.407 e. The minimum atomic E-state index is -0.554. The summed E-state index contributed by atoms with van der Waals surface area (Å²) in [4.78, 5) is 12.1. The molecule has 0 radical (unpaired) electrons. The van der Waals surface area contributed by atoms with Gasteiger partial charge < -0.3 is 10.1 Å². The first-order valence-corrected chi connectivity index (χ1v) is 7.67. The van der Waals surface area contributed by atoms with E-state index in [1.165, 1.54) is 0 Å². The number of benzene rings is 1. The van der Waals surface area contributed by atoms with Crippen molar-refractivity contribution in [1.29, 1.82) is 5.26 Å². The summed E-state index contributed by atoms with van der Waals surface area (Å²) in [5.74, 6) is -0.0318. The van der Waals surface area contributed by atoms with Crippen molar-refractivity contribution in [3.05, 3.63) is 35.9 Å². The predicted molar refractivity (Wildman–Crippen MR) is 87.4 cm³/mol. The fourth-order valence-corrected chi connectivity index (χ4v) is 2.30. The first-order chi connectivity index (χ1) is 10.2. The number of carbonyl (C=O) groups is 1. The summed E-state index contributed by atoms with van der Waals surface area (Å²) in [6, 6.07) is 11.6. The highest BCUT2D eigenvalue weighted by atomic mass is 16.6. The lowest BCUT2D eigenvalue weighted by Crippen LogP contribution is -2.42. The molecule has 1 N–H and O–H groups in total. The maximum absolute atomic E-state index is 12.1. The molecule has 0 bridgehead atoms. The molecule has 22 heavy (non-hydrogen) atoms. The molecule has 1 aromatic rings. The van der Waals surface area contributed by atoms with Crippen LogP contribution in [-0.2, 0) is 4.74 Å². The van der Waals surface area contributed by atoms with Crippen molar-refractivity contribution in [1.82, 2.24) is 5.32 Å². The molecule has 0 unspecified atom stereocenters. The van der Waals surface area contributed by atoms with Crippen LogP contribution in [0.1, 0.15) is 52.5 Å². The van der Waals surface area contributed by atoms with Gasteiger partial charge >= 0.3 is 6.09 Å². The molecular formula is C18H26N2O2. The molecule has 0 aliphatic carbocycles. The first-order valence-electron chi connectivity index (χ1n) is 7.67. The van der Waals surface area contributed by atoms with E-state index in [1.54, 1.807) is 0 Å². The molecule has 0 fully saturated rings. The van der Waals surface area contributed by atoms with Gasteiger partial charge in [0.2, 0.25) is 0 Å². The summed E-state index contributed by atoms with van der Waals surface area (Å²) in [5.41, 5.74) is 0.355. The molecule has 0 saturated heterocycles. The SMILES string of the molecule is CC(C)C[C@@H](NC(=O)OC(C)(C)C)[C@@H](C#N)c1ccccc1. The molecule has 0 aliphatic heterocycles. The Labute approximate surface area is 133 Å². The van der Waals surface area contributed by atoms with Crippen LogP contribution < -0.4 is 5.32 Å². The van der Waals surface area contributed by atoms with Gasteiger partial charge in [-0.15, -0.1) is 0 Å². The largest absolute Gasteiger partial charge is 0.444 e. The average molecular weight is 302 g/mol. The van der Waals surface area contributed by atoms with E-state index in [0.29, 0.717) is 12.3 Å². The molecule has 4 nitrogen and oxygen atoms in total. The Morgan fingerprint density at radius 2 is 1.86 bits per heavy atom. The van der Waals surface area contributed by atoms with Crippen LogP contribution in [0.15, 0.2) is 30.3 Å². The molecule has 0 aliphatic rings. The van der Waals surface area contributed by atoms with E-state index in [9.17, 15) is 10.1 Å². The van der Waals surface area contributed by atoms with Crippen molar-refractivity contribution < 1.29 is 9.53 Å². The highest BCUT2D eigenvalue weighted by molar-refractivity contribution is 5.68. The number of carbonyl (C=O) groups excluding carboxylic acids is 1. The number of hydrogen-bond acceptors (Lipinski definition) is 3. The van der Waals surface area contributed by atoms with E-state index in [1.807, 2.05) is 51.1 Å². The Hall–Kier alpha value is -2.02. The average Bonchev–Trinajstić information content (AvgIpc) is 2.37. The normalized spacial score (nSPS) is 14.0. The standard InChI is InChI=1S/C18H26N2O2/c1-13(2)11-16(20-17(21)22-18(3,4)5)15(12-19)14-9-7-6-8-10-14/h6-10,13,15-16H,11H2,1-5H3,(H,20,21)/t15-,16+/m0/s1. The van der Waals surface area contributed by atoms with Gasteiger partial charge in [-0.3, -0.25) is 0 Å². The molecule has 0 heterocycles. The number of amides is 1. The van der Waals surface area contributed by atoms with E-state index in [-0.39, 0.29) is 6.04 Å². The summed E-state index contributed by atoms with van der Waals surface area (Å²) in [5, 5.41) is 12.4. The van der Waals surface area contributed by atoms with Gasteiger partial charge in [0.25, 0.3) is 0 Å². The van der Waals surface area contributed by atoms with Gasteiger partial charge in [0.15, 0.2) is 0 Å². The lowest BCUT2D eigenvalue weighted by molar-refractivity contribution is 0.0495. The fourth-order valence-electron chi connectivity index (χ4n) is 2.30. The fraction of sp³-hybridized carbons (Fsp3) is 0.556. The Bertz CT molecular complexity index is 512. The molecule has 0 aromatic heterocycles. The molecule has 1 aromatic carbocycles. The number of nitriles is 1. The lowest BCUT2D eigenvalue weighted by atomic mass is 9.87. The van der Waals surface area contributed by atoms with Crippen LogP contribution in [-0.4, -0.2) is 17.7 Å². The molecule has 4 heteroatoms. The van der Waals surface area contributed by atoms with Crippen LogP contribution in [0.25, 0.3) is 0 Å². The van der Waals surface area contributed by atoms with Crippen LogP contribution in [0.4, 0.5) is 4.79 Å². The van der Waals surface area contributed by atoms with Crippen LogP contribution in [0.5, 0.6) is 0 Å². The minimum absolute atomic E-state index is 0.276. The van der Waals surface area contributed by atoms with Gasteiger partial charge in [0, 0.05) is 0 Å². The molecule has 1 rings (SSSR count). The zero-order valence-corrected chi connectivity index (χ0v) is 14.1. The van der Waals surface area contributed by atoms with Crippen molar-refractivity contribution in [2.24, 2.45) is 5.92 Å². The number of nitrogens with one attached hydrogen (secondary N) is 1. The smallest absolute Gasteiger partial charge is 0.407 e. The van der Waals surface area contributed by atoms with Gasteiger partial charge in [-0.05, 0) is 38.7 Å². The third-order valence-corrected chi connectivity index (χ3v) is 3.13. The van der Waals surface area contributed by atoms with Crippen molar-refractivity contribution in [2.45, 2.75) is 58.6 Å². The molecule has 0 saturated carbocycles. The second-order valence-electron chi connectivity index (χ2n) is 6.90. The second kappa shape index (κ2) is 7.84. The Morgan fingerprint density at radius 3 is 2.32 bits per heavy atom. The molecule has 120 valence electrons. The van der Waals surface area contributed by atoms with Crippen molar-refractivity contribution in [3.8, 4) is 6.07 Å². The zero-order valence-electron chi connectivity index (χ0n) is 14.1. The van der Waals surface area contributed by atoms with E-state index < -0.39 is 17.6 Å². The third-order valence-electron chi connectivity index (χ3n) is 3.13. The van der Waals surface area contributed by atoms with Gasteiger partial charge in [0.05, 0.1) is 18.0 Å². The van der Waals surface area contributed by atoms with Gasteiger partial charge in [-0.25, -0.2) is 4.79 Å². The van der Waals surface area contributed by atoms with Crippen molar-refractivity contribution in [2.75, 3.05) is 0 Å². The summed E-state index contributed by atoms with van der Waals surface area (Å²) in [6.45, 7) is 9.61. The van der Waals surface area contributed by atoms with Crippen LogP contribution in [0, 0.1) is 17.2 Å². The molecule has 2 atom stereocenters. The summed E-state index contributed by atoms with van der Waals surface area (Å²) >= 11 is 0. The van der Waals surface area contributed by atoms with E-state index in [2.05, 4.69) is 25.2 Å². The van der Waals surface area contributed by atoms with Crippen LogP contribution in [0.2, 0.25) is 0 Å². The van der Waals surface area contributed by atoms with Crippen LogP contribution in [0.3, 0.4) is 0 Å². The van der Waals surface area contributed by atoms with Crippen molar-refractivity contribution in [3.63, 3.8) is 0 Å². The predicted octanol–water partition coefficient (Wildman–Crippen LogP) is 4.23. The van der Waals surface area contributed by atoms with Gasteiger partial charge in [-0.2, -0.15) is 5.26 Å². The number of alkyl carbamates (subject to hydrolysis) is 1. The lowest BCUT2D eigenvalue weighted by Gasteiger charge is -2.27. The highest BCUT2D eigenvalue weighted by Gasteiger charge is 2.27. The monoisotopic (exact) mass is 302 g/mol. The molecule has 1 amide bonds. The van der Waals surface area contributed by atoms with Crippen molar-refractivity contribution >= 4 is 6.09 Å². The van der Waals surface area contributed by atoms with Crippen LogP contribution >= 0.6 is 0 Å². The quantitative estimate of drug-likeness (QED) is 0.885. The topological polar surface area (TPSA) is 62.1 Å². The van der Waals surface area contributed by atoms with E-state index in [0.717, 1.165) is 5.56 Å². The molecule has 0 spiro atoms. The zero-order chi connectivity index (χ0) is 16.8. The number of nitrogens with zero attached hydrogens (tertiary/aromatic N) is 1. The first kappa shape index (κ1) is 18.0. The summed E-state index contributed by atoms with van der Waals surface area (Å²) < 4.78 is 5.32. The second-order valence-corrected chi connectivity index (χ2v) is 6.90. The van der Waals surface area contributed by atoms with E-state index >= 15 is 0 Å². The number of hydrogen-bond donors (Lipinski definition) is 1. The Kier molecular flexibility index (Phi) is 6.42. The van der Waals surface area contributed by atoms with Gasteiger partial charge in [0.1, 0.15) is 5.60 Å². The number of rotatable bonds is 5. The Balaban J connectivity index is 2.92. The summed E-state index contributed by atoms with van der Waals surface area (Å²) in [7, 11) is 0. The Morgan fingerprint density at radius 1 is 1.27 bits per heavy atom. The molecular weight excluding hydrogens is 276 g/mol. The maximum atomic E-state index is 12.1. The highest BCUT2D eigenvalue weighted by Crippen LogP contribution is 2.24. The third kappa shape index (κ3) is 6.17. The number of ether oxygens (including phenoxy) is 1. The summed E-state index contributed by atoms with van der Waals surface area (Å²) in [6.07, 6.45) is 0.237.